The maximum absolute atomic E-state index is 12.0. The molecule has 0 aromatic heterocycles. The quantitative estimate of drug-likeness (QED) is 0.216. The van der Waals surface area contributed by atoms with Crippen molar-refractivity contribution in [3.63, 3.8) is 0 Å². The minimum absolute atomic E-state index is 0.368. The van der Waals surface area contributed by atoms with Crippen LogP contribution in [0.25, 0.3) is 0 Å². The summed E-state index contributed by atoms with van der Waals surface area (Å²) in [5, 5.41) is 0. The Morgan fingerprint density at radius 3 is 1.10 bits per heavy atom. The molecule has 0 saturated carbocycles. The average molecular weight is 609 g/mol. The first-order valence-electron chi connectivity index (χ1n) is 12.5. The molecule has 2 aliphatic heterocycles. The maximum atomic E-state index is 12.0. The third kappa shape index (κ3) is 10.1. The second-order valence-corrected chi connectivity index (χ2v) is 10.5. The molecule has 10 atom stereocenters. The van der Waals surface area contributed by atoms with Crippen molar-refractivity contribution in [2.45, 2.75) is 101 Å². The van der Waals surface area contributed by atoms with Gasteiger partial charge in [0.2, 0.25) is 0 Å². The van der Waals surface area contributed by atoms with Crippen molar-refractivity contribution in [3.05, 3.63) is 0 Å². The molecule has 0 aliphatic carbocycles. The average Bonchev–Trinajstić information content (AvgIpc) is 2.84. The molecule has 0 spiro atoms. The molecule has 2 rings (SSSR count). The standard InChI is InChI=1S/C24H36N2O14S/c1-9(27)33-7-15-19(35-11(3)29)17(25)21(37-13(5)31)23(39-15)41-24-22(38-14(6)32)18(26)20(36-12(4)30)16(40-24)8-34-10(2)28/h15-24H,7-8,25-26H2,1-6H3/t15-,16?,17?,18?,19+,20+,21?,22+,23+,24+/m1/s1. The zero-order chi connectivity index (χ0) is 31.0. The number of carbonyl (C=O) groups is 6. The third-order valence-electron chi connectivity index (χ3n) is 5.78. The van der Waals surface area contributed by atoms with E-state index in [1.54, 1.807) is 0 Å². The van der Waals surface area contributed by atoms with Crippen LogP contribution in [0.4, 0.5) is 0 Å². The summed E-state index contributed by atoms with van der Waals surface area (Å²) in [5.41, 5.74) is 10.4. The van der Waals surface area contributed by atoms with Crippen LogP contribution in [0, 0.1) is 0 Å². The summed E-state index contributed by atoms with van der Waals surface area (Å²) >= 11 is 0.846. The van der Waals surface area contributed by atoms with Gasteiger partial charge in [-0.2, -0.15) is 0 Å². The Morgan fingerprint density at radius 2 is 0.829 bits per heavy atom. The molecular formula is C24H36N2O14S. The highest BCUT2D eigenvalue weighted by molar-refractivity contribution is 8.00. The van der Waals surface area contributed by atoms with Crippen molar-refractivity contribution in [2.24, 2.45) is 11.5 Å². The fourth-order valence-electron chi connectivity index (χ4n) is 4.25. The summed E-state index contributed by atoms with van der Waals surface area (Å²) < 4.78 is 43.7. The van der Waals surface area contributed by atoms with Gasteiger partial charge < -0.3 is 49.4 Å². The molecular weight excluding hydrogens is 572 g/mol. The molecule has 2 saturated heterocycles. The number of rotatable bonds is 10. The molecule has 17 heteroatoms. The van der Waals surface area contributed by atoms with E-state index in [1.165, 1.54) is 13.8 Å². The van der Waals surface area contributed by atoms with Gasteiger partial charge in [0.05, 0.1) is 12.1 Å². The molecule has 2 aliphatic rings. The van der Waals surface area contributed by atoms with E-state index in [2.05, 4.69) is 0 Å². The van der Waals surface area contributed by atoms with Crippen LogP contribution in [-0.4, -0.2) is 109 Å². The van der Waals surface area contributed by atoms with Crippen molar-refractivity contribution >= 4 is 47.6 Å². The molecule has 0 bridgehead atoms. The van der Waals surface area contributed by atoms with E-state index in [-0.39, 0.29) is 13.2 Å². The number of nitrogens with two attached hydrogens (primary N) is 2. The van der Waals surface area contributed by atoms with Crippen LogP contribution in [0.1, 0.15) is 41.5 Å². The van der Waals surface area contributed by atoms with E-state index >= 15 is 0 Å². The fourth-order valence-corrected chi connectivity index (χ4v) is 5.71. The Hall–Kier alpha value is -2.99. The van der Waals surface area contributed by atoms with Gasteiger partial charge in [0.25, 0.3) is 0 Å². The van der Waals surface area contributed by atoms with Gasteiger partial charge in [0, 0.05) is 41.5 Å². The van der Waals surface area contributed by atoms with Crippen molar-refractivity contribution in [2.75, 3.05) is 13.2 Å². The maximum Gasteiger partial charge on any atom is 0.303 e. The van der Waals surface area contributed by atoms with Crippen molar-refractivity contribution in [1.82, 2.24) is 0 Å². The molecule has 2 fully saturated rings. The highest BCUT2D eigenvalue weighted by Crippen LogP contribution is 2.39. The van der Waals surface area contributed by atoms with Crippen LogP contribution in [-0.2, 0) is 66.7 Å². The zero-order valence-electron chi connectivity index (χ0n) is 23.5. The highest BCUT2D eigenvalue weighted by atomic mass is 32.2. The summed E-state index contributed by atoms with van der Waals surface area (Å²) in [4.78, 5) is 70.6. The van der Waals surface area contributed by atoms with Crippen molar-refractivity contribution in [3.8, 4) is 0 Å². The van der Waals surface area contributed by atoms with E-state index in [0.717, 1.165) is 39.5 Å². The Morgan fingerprint density at radius 1 is 0.537 bits per heavy atom. The molecule has 0 amide bonds. The monoisotopic (exact) mass is 608 g/mol. The number of thioether (sulfide) groups is 1. The Balaban J connectivity index is 2.46. The molecule has 0 aromatic carbocycles. The zero-order valence-corrected chi connectivity index (χ0v) is 24.3. The van der Waals surface area contributed by atoms with Gasteiger partial charge >= 0.3 is 35.8 Å². The fraction of sp³-hybridized carbons (Fsp3) is 0.750. The summed E-state index contributed by atoms with van der Waals surface area (Å²) in [6.07, 6.45) is -7.05. The van der Waals surface area contributed by atoms with E-state index in [1.807, 2.05) is 0 Å². The molecule has 0 radical (unpaired) electrons. The van der Waals surface area contributed by atoms with Crippen molar-refractivity contribution < 1.29 is 66.7 Å². The molecule has 4 unspecified atom stereocenters. The summed E-state index contributed by atoms with van der Waals surface area (Å²) in [5.74, 6) is -4.18. The van der Waals surface area contributed by atoms with E-state index in [9.17, 15) is 28.8 Å². The van der Waals surface area contributed by atoms with E-state index in [0.29, 0.717) is 0 Å². The smallest absolute Gasteiger partial charge is 0.303 e. The van der Waals surface area contributed by atoms with Gasteiger partial charge in [-0.25, -0.2) is 0 Å². The minimum Gasteiger partial charge on any atom is -0.463 e. The lowest BCUT2D eigenvalue weighted by atomic mass is 9.97. The Kier molecular flexibility index (Phi) is 12.8. The summed E-state index contributed by atoms with van der Waals surface area (Å²) in [6.45, 7) is 6.14. The molecule has 232 valence electrons. The molecule has 4 N–H and O–H groups in total. The van der Waals surface area contributed by atoms with Gasteiger partial charge in [-0.05, 0) is 0 Å². The lowest BCUT2D eigenvalue weighted by Crippen LogP contribution is -2.66. The first kappa shape index (κ1) is 34.2. The molecule has 41 heavy (non-hydrogen) atoms. The number of hydrogen-bond donors (Lipinski definition) is 2. The molecule has 0 aromatic rings. The van der Waals surface area contributed by atoms with Crippen molar-refractivity contribution in [1.29, 1.82) is 0 Å². The number of ether oxygens (including phenoxy) is 8. The molecule has 2 heterocycles. The van der Waals surface area contributed by atoms with Crippen LogP contribution in [0.3, 0.4) is 0 Å². The molecule has 16 nitrogen and oxygen atoms in total. The van der Waals surface area contributed by atoms with Crippen LogP contribution in [0.5, 0.6) is 0 Å². The van der Waals surface area contributed by atoms with Crippen LogP contribution in [0.2, 0.25) is 0 Å². The number of hydrogen-bond acceptors (Lipinski definition) is 17. The topological polar surface area (TPSA) is 228 Å². The lowest BCUT2D eigenvalue weighted by molar-refractivity contribution is -0.205. The van der Waals surface area contributed by atoms with Crippen LogP contribution in [0.15, 0.2) is 0 Å². The second kappa shape index (κ2) is 15.3. The lowest BCUT2D eigenvalue weighted by Gasteiger charge is -2.47. The van der Waals surface area contributed by atoms with Gasteiger partial charge in [-0.1, -0.05) is 11.8 Å². The van der Waals surface area contributed by atoms with Gasteiger partial charge in [0.1, 0.15) is 48.5 Å². The normalized spacial score (nSPS) is 33.1. The number of carbonyl (C=O) groups excluding carboxylic acids is 6. The Labute approximate surface area is 240 Å². The van der Waals surface area contributed by atoms with Crippen LogP contribution < -0.4 is 11.5 Å². The first-order valence-corrected chi connectivity index (χ1v) is 13.5. The Bertz CT molecular complexity index is 915. The predicted molar refractivity (Wildman–Crippen MR) is 136 cm³/mol. The summed E-state index contributed by atoms with van der Waals surface area (Å²) in [6, 6.07) is -2.32. The second-order valence-electron chi connectivity index (χ2n) is 9.28. The third-order valence-corrected chi connectivity index (χ3v) is 7.08. The van der Waals surface area contributed by atoms with Gasteiger partial charge in [-0.15, -0.1) is 0 Å². The highest BCUT2D eigenvalue weighted by Gasteiger charge is 2.54. The van der Waals surface area contributed by atoms with Gasteiger partial charge in [0.15, 0.2) is 12.2 Å². The first-order chi connectivity index (χ1) is 19.1. The summed E-state index contributed by atoms with van der Waals surface area (Å²) in [7, 11) is 0. The minimum atomic E-state index is -1.24. The van der Waals surface area contributed by atoms with Gasteiger partial charge in [-0.3, -0.25) is 28.8 Å². The SMILES string of the molecule is CC(=O)OCC1O[C@@H](S[C@@H]2O[C@H](COC(C)=O)[C@H](OC(C)=O)C(N)C2OC(C)=O)[C@@H](OC(C)=O)C(N)[C@H]1OC(C)=O. The predicted octanol–water partition coefficient (Wildman–Crippen LogP) is -1.32. The van der Waals surface area contributed by atoms with E-state index in [4.69, 9.17) is 49.4 Å². The van der Waals surface area contributed by atoms with E-state index < -0.39 is 95.4 Å². The number of esters is 6. The van der Waals surface area contributed by atoms with Crippen LogP contribution >= 0.6 is 11.8 Å². The largest absolute Gasteiger partial charge is 0.463 e.